The van der Waals surface area contributed by atoms with Crippen LogP contribution in [-0.4, -0.2) is 45.1 Å². The average Bonchev–Trinajstić information content (AvgIpc) is 3.20. The van der Waals surface area contributed by atoms with E-state index in [4.69, 9.17) is 29.2 Å². The van der Waals surface area contributed by atoms with Gasteiger partial charge in [0.25, 0.3) is 0 Å². The lowest BCUT2D eigenvalue weighted by atomic mass is 9.78. The molecule has 0 amide bonds. The van der Waals surface area contributed by atoms with E-state index in [0.29, 0.717) is 34.5 Å². The molecular formula is C46H46O8S. The van der Waals surface area contributed by atoms with Gasteiger partial charge in [0.05, 0.1) is 23.0 Å². The van der Waals surface area contributed by atoms with E-state index >= 15 is 0 Å². The summed E-state index contributed by atoms with van der Waals surface area (Å²) < 4.78 is 50.1. The Morgan fingerprint density at radius 3 is 0.891 bits per heavy atom. The Hall–Kier alpha value is -5.61. The fraction of sp³-hybridized carbons (Fsp3) is 0.217. The second-order valence-corrected chi connectivity index (χ2v) is 16.1. The van der Waals surface area contributed by atoms with Gasteiger partial charge < -0.3 is 29.2 Å². The van der Waals surface area contributed by atoms with Crippen LogP contribution in [0.15, 0.2) is 155 Å². The number of hydrogen-bond acceptors (Lipinski definition) is 8. The van der Waals surface area contributed by atoms with E-state index in [9.17, 15) is 8.42 Å². The van der Waals surface area contributed by atoms with Gasteiger partial charge in [0.2, 0.25) is 9.84 Å². The van der Waals surface area contributed by atoms with Crippen molar-refractivity contribution in [3.63, 3.8) is 0 Å². The van der Waals surface area contributed by atoms with Crippen LogP contribution in [0.4, 0.5) is 0 Å². The topological polar surface area (TPSA) is 112 Å². The Balaban J connectivity index is 1.05. The lowest BCUT2D eigenvalue weighted by molar-refractivity contribution is 0.201. The second kappa shape index (κ2) is 16.8. The Morgan fingerprint density at radius 2 is 0.636 bits per heavy atom. The van der Waals surface area contributed by atoms with Crippen molar-refractivity contribution in [3.8, 4) is 34.5 Å². The molecule has 55 heavy (non-hydrogen) atoms. The SMILES string of the molecule is CC(C)(c1ccc(OCCO)cc1)c1ccc(Oc2ccc(S(=O)(=O)c3ccc(Oc4ccc(C(C)(C)c5ccc(OCCO)cc5)cc4)cc3)cc2)cc1. The first-order valence-electron chi connectivity index (χ1n) is 18.1. The molecule has 0 bridgehead atoms. The predicted molar refractivity (Wildman–Crippen MR) is 214 cm³/mol. The standard InChI is InChI=1S/C46H46O8S/c1-45(2,33-5-13-37(14-6-33)51-31-29-47)35-9-17-39(18-10-35)53-41-21-25-43(26-22-41)55(49,50)44-27-23-42(24-28-44)54-40-19-11-36(12-20-40)46(3,4)34-7-15-38(16-8-34)52-32-30-48/h5-28,47-48H,29-32H2,1-4H3. The molecule has 0 spiro atoms. The van der Waals surface area contributed by atoms with Crippen LogP contribution in [-0.2, 0) is 20.7 Å². The molecule has 0 unspecified atom stereocenters. The number of hydrogen-bond donors (Lipinski definition) is 2. The predicted octanol–water partition coefficient (Wildman–Crippen LogP) is 9.50. The van der Waals surface area contributed by atoms with Crippen LogP contribution in [0.5, 0.6) is 34.5 Å². The molecule has 0 aromatic heterocycles. The molecule has 0 saturated carbocycles. The van der Waals surface area contributed by atoms with Gasteiger partial charge in [-0.15, -0.1) is 0 Å². The molecule has 0 saturated heterocycles. The molecule has 0 aliphatic heterocycles. The van der Waals surface area contributed by atoms with Crippen molar-refractivity contribution >= 4 is 9.84 Å². The van der Waals surface area contributed by atoms with Crippen molar-refractivity contribution in [2.45, 2.75) is 48.3 Å². The molecule has 2 N–H and O–H groups in total. The molecule has 6 aromatic rings. The fourth-order valence-corrected chi connectivity index (χ4v) is 7.52. The number of benzene rings is 6. The van der Waals surface area contributed by atoms with Crippen LogP contribution in [0.3, 0.4) is 0 Å². The van der Waals surface area contributed by atoms with Gasteiger partial charge in [-0.2, -0.15) is 0 Å². The van der Waals surface area contributed by atoms with Crippen LogP contribution in [0.25, 0.3) is 0 Å². The van der Waals surface area contributed by atoms with Gasteiger partial charge in [-0.25, -0.2) is 8.42 Å². The van der Waals surface area contributed by atoms with Crippen LogP contribution in [0.1, 0.15) is 49.9 Å². The first kappa shape index (κ1) is 39.1. The quantitative estimate of drug-likeness (QED) is 0.100. The van der Waals surface area contributed by atoms with E-state index < -0.39 is 9.84 Å². The largest absolute Gasteiger partial charge is 0.491 e. The van der Waals surface area contributed by atoms with Crippen molar-refractivity contribution in [1.29, 1.82) is 0 Å². The van der Waals surface area contributed by atoms with Gasteiger partial charge in [0, 0.05) is 10.8 Å². The summed E-state index contributed by atoms with van der Waals surface area (Å²) >= 11 is 0. The van der Waals surface area contributed by atoms with Gasteiger partial charge >= 0.3 is 0 Å². The van der Waals surface area contributed by atoms with E-state index in [1.165, 1.54) is 0 Å². The molecule has 0 radical (unpaired) electrons. The van der Waals surface area contributed by atoms with Crippen molar-refractivity contribution < 1.29 is 37.6 Å². The smallest absolute Gasteiger partial charge is 0.206 e. The second-order valence-electron chi connectivity index (χ2n) is 14.1. The zero-order chi connectivity index (χ0) is 39.1. The molecule has 9 heteroatoms. The molecule has 0 fully saturated rings. The van der Waals surface area contributed by atoms with E-state index in [1.807, 2.05) is 97.1 Å². The maximum atomic E-state index is 13.5. The first-order valence-corrected chi connectivity index (χ1v) is 19.6. The lowest BCUT2D eigenvalue weighted by Gasteiger charge is -2.26. The Kier molecular flexibility index (Phi) is 12.0. The summed E-state index contributed by atoms with van der Waals surface area (Å²) in [4.78, 5) is 0.313. The normalized spacial score (nSPS) is 11.9. The van der Waals surface area contributed by atoms with Crippen LogP contribution in [0, 0.1) is 0 Å². The summed E-state index contributed by atoms with van der Waals surface area (Å²) in [6, 6.07) is 44.2. The zero-order valence-electron chi connectivity index (χ0n) is 31.4. The maximum absolute atomic E-state index is 13.5. The molecule has 6 rings (SSSR count). The highest BCUT2D eigenvalue weighted by Crippen LogP contribution is 2.36. The van der Waals surface area contributed by atoms with Crippen LogP contribution in [0.2, 0.25) is 0 Å². The summed E-state index contributed by atoms with van der Waals surface area (Å²) in [5.41, 5.74) is 3.89. The number of aliphatic hydroxyl groups is 2. The molecule has 0 aliphatic rings. The van der Waals surface area contributed by atoms with E-state index in [1.54, 1.807) is 48.5 Å². The van der Waals surface area contributed by atoms with Gasteiger partial charge in [-0.1, -0.05) is 76.2 Å². The van der Waals surface area contributed by atoms with Crippen molar-refractivity contribution in [3.05, 3.63) is 168 Å². The fourth-order valence-electron chi connectivity index (χ4n) is 6.26. The minimum Gasteiger partial charge on any atom is -0.491 e. The van der Waals surface area contributed by atoms with E-state index in [-0.39, 0.29) is 47.0 Å². The molecule has 0 atom stereocenters. The third-order valence-electron chi connectivity index (χ3n) is 9.76. The Bertz CT molecular complexity index is 2090. The molecule has 0 aliphatic carbocycles. The number of rotatable bonds is 16. The first-order chi connectivity index (χ1) is 26.4. The summed E-state index contributed by atoms with van der Waals surface area (Å²) in [7, 11) is -3.78. The molecule has 8 nitrogen and oxygen atoms in total. The third-order valence-corrected chi connectivity index (χ3v) is 11.5. The highest BCUT2D eigenvalue weighted by Gasteiger charge is 2.25. The van der Waals surface area contributed by atoms with Gasteiger partial charge in [-0.05, 0) is 119 Å². The van der Waals surface area contributed by atoms with Crippen molar-refractivity contribution in [2.75, 3.05) is 26.4 Å². The highest BCUT2D eigenvalue weighted by atomic mass is 32.2. The summed E-state index contributed by atoms with van der Waals surface area (Å²) in [6.45, 7) is 9.04. The third kappa shape index (κ3) is 9.20. The molecule has 0 heterocycles. The molecule has 6 aromatic carbocycles. The maximum Gasteiger partial charge on any atom is 0.206 e. The Morgan fingerprint density at radius 1 is 0.400 bits per heavy atom. The molecule has 284 valence electrons. The summed E-state index contributed by atoms with van der Waals surface area (Å²) in [5.74, 6) is 3.73. The molecular weight excluding hydrogens is 713 g/mol. The van der Waals surface area contributed by atoms with Crippen LogP contribution >= 0.6 is 0 Å². The Labute approximate surface area is 323 Å². The number of sulfone groups is 1. The van der Waals surface area contributed by atoms with Gasteiger partial charge in [0.15, 0.2) is 0 Å². The summed E-state index contributed by atoms with van der Waals surface area (Å²) in [6.07, 6.45) is 0. The van der Waals surface area contributed by atoms with Crippen molar-refractivity contribution in [2.24, 2.45) is 0 Å². The van der Waals surface area contributed by atoms with Crippen molar-refractivity contribution in [1.82, 2.24) is 0 Å². The average molecular weight is 759 g/mol. The zero-order valence-corrected chi connectivity index (χ0v) is 32.3. The van der Waals surface area contributed by atoms with Gasteiger partial charge in [0.1, 0.15) is 47.7 Å². The monoisotopic (exact) mass is 758 g/mol. The van der Waals surface area contributed by atoms with Crippen LogP contribution < -0.4 is 18.9 Å². The summed E-state index contributed by atoms with van der Waals surface area (Å²) in [5, 5.41) is 18.0. The minimum absolute atomic E-state index is 0.0307. The number of aliphatic hydroxyl groups excluding tert-OH is 2. The lowest BCUT2D eigenvalue weighted by Crippen LogP contribution is -2.18. The van der Waals surface area contributed by atoms with E-state index in [2.05, 4.69) is 27.7 Å². The minimum atomic E-state index is -3.78. The van der Waals surface area contributed by atoms with Gasteiger partial charge in [-0.3, -0.25) is 0 Å². The number of ether oxygens (including phenoxy) is 4. The highest BCUT2D eigenvalue weighted by molar-refractivity contribution is 7.91. The van der Waals surface area contributed by atoms with E-state index in [0.717, 1.165) is 22.3 Å².